The number of ether oxygens (including phenoxy) is 1. The Labute approximate surface area is 92.6 Å². The number of carbonyl (C=O) groups excluding carboxylic acids is 2. The largest absolute Gasteiger partial charge is 0.462 e. The number of primary amides is 1. The Kier molecular flexibility index (Phi) is 5.97. The lowest BCUT2D eigenvalue weighted by Gasteiger charge is -2.04. The van der Waals surface area contributed by atoms with Crippen molar-refractivity contribution >= 4 is 17.7 Å². The van der Waals surface area contributed by atoms with Gasteiger partial charge in [-0.1, -0.05) is 0 Å². The van der Waals surface area contributed by atoms with Crippen LogP contribution in [0.15, 0.2) is 16.8 Å². The number of hydrogen-bond acceptors (Lipinski definition) is 5. The molecule has 0 rings (SSSR count). The van der Waals surface area contributed by atoms with Gasteiger partial charge >= 0.3 is 12.0 Å². The molecule has 2 amide bonds. The van der Waals surface area contributed by atoms with E-state index in [9.17, 15) is 9.59 Å². The smallest absolute Gasteiger partial charge is 0.340 e. The van der Waals surface area contributed by atoms with Gasteiger partial charge in [-0.05, 0) is 13.8 Å². The van der Waals surface area contributed by atoms with Gasteiger partial charge in [-0.15, -0.1) is 0 Å². The van der Waals surface area contributed by atoms with E-state index >= 15 is 0 Å². The SMILES string of the molecule is CCOC(=O)C(=C\C#N)/C(C)=N/NC(N)=O. The van der Waals surface area contributed by atoms with Crippen molar-refractivity contribution in [3.8, 4) is 6.07 Å². The monoisotopic (exact) mass is 224 g/mol. The van der Waals surface area contributed by atoms with Crippen LogP contribution < -0.4 is 11.2 Å². The summed E-state index contributed by atoms with van der Waals surface area (Å²) in [5.41, 5.74) is 6.85. The van der Waals surface area contributed by atoms with Crippen molar-refractivity contribution in [1.82, 2.24) is 5.43 Å². The van der Waals surface area contributed by atoms with Gasteiger partial charge < -0.3 is 10.5 Å². The van der Waals surface area contributed by atoms with Crippen LogP contribution >= 0.6 is 0 Å². The summed E-state index contributed by atoms with van der Waals surface area (Å²) < 4.78 is 4.70. The molecule has 0 unspecified atom stereocenters. The number of urea groups is 1. The summed E-state index contributed by atoms with van der Waals surface area (Å²) in [7, 11) is 0. The highest BCUT2D eigenvalue weighted by Gasteiger charge is 2.13. The van der Waals surface area contributed by atoms with Crippen LogP contribution in [-0.4, -0.2) is 24.3 Å². The average Bonchev–Trinajstić information content (AvgIpc) is 2.22. The fourth-order valence-corrected chi connectivity index (χ4v) is 0.784. The van der Waals surface area contributed by atoms with Crippen LogP contribution in [0.4, 0.5) is 4.79 Å². The number of hydrazone groups is 1. The topological polar surface area (TPSA) is 118 Å². The number of nitrogens with zero attached hydrogens (tertiary/aromatic N) is 2. The second-order valence-corrected chi connectivity index (χ2v) is 2.58. The van der Waals surface area contributed by atoms with Crippen molar-refractivity contribution < 1.29 is 14.3 Å². The first-order chi connectivity index (χ1) is 7.52. The summed E-state index contributed by atoms with van der Waals surface area (Å²) in [5, 5.41) is 12.0. The second-order valence-electron chi connectivity index (χ2n) is 2.58. The van der Waals surface area contributed by atoms with Gasteiger partial charge in [0.25, 0.3) is 0 Å². The molecule has 0 aromatic heterocycles. The normalized spacial score (nSPS) is 11.6. The van der Waals surface area contributed by atoms with E-state index in [-0.39, 0.29) is 17.9 Å². The fourth-order valence-electron chi connectivity index (χ4n) is 0.784. The van der Waals surface area contributed by atoms with E-state index in [1.165, 1.54) is 6.92 Å². The summed E-state index contributed by atoms with van der Waals surface area (Å²) in [6.45, 7) is 3.25. The second kappa shape index (κ2) is 7.00. The van der Waals surface area contributed by atoms with Gasteiger partial charge in [-0.3, -0.25) is 0 Å². The first-order valence-electron chi connectivity index (χ1n) is 4.40. The Balaban J connectivity index is 4.88. The van der Waals surface area contributed by atoms with Crippen molar-refractivity contribution in [2.75, 3.05) is 6.61 Å². The first kappa shape index (κ1) is 13.6. The molecule has 7 heteroatoms. The maximum absolute atomic E-state index is 11.4. The Morgan fingerprint density at radius 1 is 1.62 bits per heavy atom. The van der Waals surface area contributed by atoms with Crippen LogP contribution in [0.2, 0.25) is 0 Å². The van der Waals surface area contributed by atoms with Crippen LogP contribution in [0.1, 0.15) is 13.8 Å². The summed E-state index contributed by atoms with van der Waals surface area (Å²) in [6, 6.07) is 0.826. The highest BCUT2D eigenvalue weighted by atomic mass is 16.5. The van der Waals surface area contributed by atoms with Gasteiger partial charge in [-0.2, -0.15) is 10.4 Å². The van der Waals surface area contributed by atoms with Crippen LogP contribution in [-0.2, 0) is 9.53 Å². The number of allylic oxidation sites excluding steroid dienone is 1. The predicted molar refractivity (Wildman–Crippen MR) is 56.2 cm³/mol. The van der Waals surface area contributed by atoms with Crippen LogP contribution in [0.3, 0.4) is 0 Å². The van der Waals surface area contributed by atoms with Crippen molar-refractivity contribution in [1.29, 1.82) is 5.26 Å². The van der Waals surface area contributed by atoms with E-state index in [2.05, 4.69) is 5.10 Å². The van der Waals surface area contributed by atoms with Gasteiger partial charge in [0, 0.05) is 6.08 Å². The molecule has 7 nitrogen and oxygen atoms in total. The van der Waals surface area contributed by atoms with Crippen molar-refractivity contribution in [3.05, 3.63) is 11.6 Å². The molecule has 0 bridgehead atoms. The van der Waals surface area contributed by atoms with E-state index in [1.54, 1.807) is 13.0 Å². The molecule has 0 fully saturated rings. The number of nitriles is 1. The molecular weight excluding hydrogens is 212 g/mol. The molecule has 0 spiro atoms. The maximum Gasteiger partial charge on any atom is 0.340 e. The Morgan fingerprint density at radius 2 is 2.25 bits per heavy atom. The van der Waals surface area contributed by atoms with Gasteiger partial charge in [0.1, 0.15) is 0 Å². The Hall–Kier alpha value is -2.36. The molecule has 0 atom stereocenters. The molecule has 0 aromatic carbocycles. The Bertz CT molecular complexity index is 379. The quantitative estimate of drug-likeness (QED) is 0.230. The van der Waals surface area contributed by atoms with Gasteiger partial charge in [0.2, 0.25) is 0 Å². The summed E-state index contributed by atoms with van der Waals surface area (Å²) in [6.07, 6.45) is 0.986. The molecule has 86 valence electrons. The van der Waals surface area contributed by atoms with Crippen molar-refractivity contribution in [2.45, 2.75) is 13.8 Å². The first-order valence-corrected chi connectivity index (χ1v) is 4.40. The number of amides is 2. The van der Waals surface area contributed by atoms with Crippen LogP contribution in [0.5, 0.6) is 0 Å². The van der Waals surface area contributed by atoms with Gasteiger partial charge in [0.15, 0.2) is 0 Å². The standard InChI is InChI=1S/C9H12N4O3/c1-3-16-8(14)7(4-5-10)6(2)12-13-9(11)15/h4H,3H2,1-2H3,(H3,11,13,15)/b7-4-,12-6+. The average molecular weight is 224 g/mol. The maximum atomic E-state index is 11.4. The predicted octanol–water partition coefficient (Wildman–Crippen LogP) is 0.0437. The minimum atomic E-state index is -0.862. The molecular formula is C9H12N4O3. The molecule has 0 saturated carbocycles. The minimum Gasteiger partial charge on any atom is -0.462 e. The number of rotatable bonds is 4. The zero-order valence-corrected chi connectivity index (χ0v) is 8.98. The summed E-state index contributed by atoms with van der Waals surface area (Å²) in [4.78, 5) is 21.7. The van der Waals surface area contributed by atoms with E-state index in [4.69, 9.17) is 15.7 Å². The molecule has 0 aliphatic carbocycles. The molecule has 16 heavy (non-hydrogen) atoms. The van der Waals surface area contributed by atoms with E-state index in [0.29, 0.717) is 0 Å². The van der Waals surface area contributed by atoms with Gasteiger partial charge in [0.05, 0.1) is 24.0 Å². The molecule has 0 radical (unpaired) electrons. The molecule has 0 saturated heterocycles. The van der Waals surface area contributed by atoms with E-state index < -0.39 is 12.0 Å². The lowest BCUT2D eigenvalue weighted by atomic mass is 10.1. The van der Waals surface area contributed by atoms with Crippen molar-refractivity contribution in [2.24, 2.45) is 10.8 Å². The third-order valence-corrected chi connectivity index (χ3v) is 1.43. The summed E-state index contributed by atoms with van der Waals surface area (Å²) in [5.74, 6) is -0.684. The summed E-state index contributed by atoms with van der Waals surface area (Å²) >= 11 is 0. The zero-order chi connectivity index (χ0) is 12.6. The number of esters is 1. The molecule has 0 aliphatic heterocycles. The fraction of sp³-hybridized carbons (Fsp3) is 0.333. The molecule has 0 heterocycles. The van der Waals surface area contributed by atoms with E-state index in [0.717, 1.165) is 6.08 Å². The molecule has 0 aromatic rings. The lowest BCUT2D eigenvalue weighted by molar-refractivity contribution is -0.137. The zero-order valence-electron chi connectivity index (χ0n) is 8.98. The number of carbonyl (C=O) groups is 2. The van der Waals surface area contributed by atoms with Crippen molar-refractivity contribution in [3.63, 3.8) is 0 Å². The lowest BCUT2D eigenvalue weighted by Crippen LogP contribution is -2.26. The third-order valence-electron chi connectivity index (χ3n) is 1.43. The molecule has 3 N–H and O–H groups in total. The minimum absolute atomic E-state index is 0.0295. The van der Waals surface area contributed by atoms with E-state index in [1.807, 2.05) is 5.43 Å². The van der Waals surface area contributed by atoms with Crippen LogP contribution in [0.25, 0.3) is 0 Å². The van der Waals surface area contributed by atoms with Crippen LogP contribution in [0, 0.1) is 11.3 Å². The number of hydrogen-bond donors (Lipinski definition) is 2. The highest BCUT2D eigenvalue weighted by molar-refractivity contribution is 6.19. The van der Waals surface area contributed by atoms with Gasteiger partial charge in [-0.25, -0.2) is 15.0 Å². The Morgan fingerprint density at radius 3 is 2.69 bits per heavy atom. The molecule has 0 aliphatic rings. The third kappa shape index (κ3) is 4.76. The number of nitrogens with two attached hydrogens (primary N) is 1. The highest BCUT2D eigenvalue weighted by Crippen LogP contribution is 2.01. The number of nitrogens with one attached hydrogen (secondary N) is 1.